The Hall–Kier alpha value is -2.96. The lowest BCUT2D eigenvalue weighted by atomic mass is 9.97. The second-order valence-electron chi connectivity index (χ2n) is 7.18. The third-order valence-electron chi connectivity index (χ3n) is 5.01. The van der Waals surface area contributed by atoms with Crippen molar-refractivity contribution in [3.63, 3.8) is 0 Å². The van der Waals surface area contributed by atoms with Gasteiger partial charge >= 0.3 is 0 Å². The van der Waals surface area contributed by atoms with Crippen LogP contribution in [-0.4, -0.2) is 34.9 Å². The van der Waals surface area contributed by atoms with Crippen LogP contribution >= 0.6 is 0 Å². The Bertz CT molecular complexity index is 822. The van der Waals surface area contributed by atoms with E-state index in [4.69, 9.17) is 0 Å². The maximum absolute atomic E-state index is 12.7. The van der Waals surface area contributed by atoms with E-state index >= 15 is 0 Å². The van der Waals surface area contributed by atoms with Gasteiger partial charge in [0.25, 0.3) is 0 Å². The van der Waals surface area contributed by atoms with Gasteiger partial charge in [-0.2, -0.15) is 0 Å². The Morgan fingerprint density at radius 3 is 2.41 bits per heavy atom. The van der Waals surface area contributed by atoms with Crippen molar-refractivity contribution in [2.24, 2.45) is 11.8 Å². The summed E-state index contributed by atoms with van der Waals surface area (Å²) in [6.07, 6.45) is 8.75. The van der Waals surface area contributed by atoms with Crippen molar-refractivity contribution in [2.45, 2.75) is 25.7 Å². The Morgan fingerprint density at radius 2 is 1.74 bits per heavy atom. The molecule has 7 nitrogen and oxygen atoms in total. The lowest BCUT2D eigenvalue weighted by Gasteiger charge is -2.32. The number of hydrogen-bond donors (Lipinski definition) is 2. The van der Waals surface area contributed by atoms with E-state index in [1.807, 2.05) is 18.2 Å². The van der Waals surface area contributed by atoms with Crippen molar-refractivity contribution in [1.29, 1.82) is 0 Å². The zero-order valence-electron chi connectivity index (χ0n) is 15.1. The minimum Gasteiger partial charge on any atom is -0.355 e. The fourth-order valence-corrected chi connectivity index (χ4v) is 3.36. The third kappa shape index (κ3) is 4.42. The fourth-order valence-electron chi connectivity index (χ4n) is 3.36. The van der Waals surface area contributed by atoms with Gasteiger partial charge in [-0.05, 0) is 43.9 Å². The number of amides is 2. The minimum absolute atomic E-state index is 0.00532. The van der Waals surface area contributed by atoms with Crippen molar-refractivity contribution in [3.05, 3.63) is 42.9 Å². The van der Waals surface area contributed by atoms with Gasteiger partial charge < -0.3 is 15.5 Å². The van der Waals surface area contributed by atoms with Crippen LogP contribution in [0.1, 0.15) is 25.7 Å². The molecule has 7 heteroatoms. The van der Waals surface area contributed by atoms with Crippen LogP contribution in [0.2, 0.25) is 0 Å². The van der Waals surface area contributed by atoms with Gasteiger partial charge in [-0.25, -0.2) is 4.98 Å². The van der Waals surface area contributed by atoms with E-state index in [9.17, 15) is 9.59 Å². The molecule has 1 aliphatic carbocycles. The van der Waals surface area contributed by atoms with Crippen molar-refractivity contribution >= 4 is 29.0 Å². The zero-order valence-corrected chi connectivity index (χ0v) is 15.1. The molecule has 140 valence electrons. The molecule has 2 N–H and O–H groups in total. The van der Waals surface area contributed by atoms with Crippen LogP contribution in [0.25, 0.3) is 0 Å². The normalized spacial score (nSPS) is 19.4. The summed E-state index contributed by atoms with van der Waals surface area (Å²) in [4.78, 5) is 35.2. The highest BCUT2D eigenvalue weighted by Crippen LogP contribution is 2.30. The number of hydrogen-bond acceptors (Lipinski definition) is 5. The number of carbonyl (C=O) groups excluding carboxylic acids is 2. The Balaban J connectivity index is 1.37. The van der Waals surface area contributed by atoms with E-state index < -0.39 is 0 Å². The number of carbonyl (C=O) groups is 2. The summed E-state index contributed by atoms with van der Waals surface area (Å²) in [5.41, 5.74) is 1.42. The van der Waals surface area contributed by atoms with Gasteiger partial charge in [-0.3, -0.25) is 14.6 Å². The molecule has 1 atom stereocenters. The van der Waals surface area contributed by atoms with Crippen molar-refractivity contribution in [3.8, 4) is 0 Å². The summed E-state index contributed by atoms with van der Waals surface area (Å²) in [6.45, 7) is 1.51. The molecule has 27 heavy (non-hydrogen) atoms. The Kier molecular flexibility index (Phi) is 5.00. The highest BCUT2D eigenvalue weighted by Gasteiger charge is 2.30. The van der Waals surface area contributed by atoms with E-state index in [2.05, 4.69) is 25.5 Å². The first kappa shape index (κ1) is 17.5. The number of benzene rings is 1. The molecule has 2 fully saturated rings. The topological polar surface area (TPSA) is 87.2 Å². The Labute approximate surface area is 158 Å². The first-order valence-corrected chi connectivity index (χ1v) is 9.42. The SMILES string of the molecule is O=C(Nc1cccc(NC(=O)C2CCCN(c3cnccn3)C2)c1)C1CC1. The zero-order chi connectivity index (χ0) is 18.6. The number of anilines is 3. The molecule has 1 aromatic carbocycles. The second kappa shape index (κ2) is 7.73. The smallest absolute Gasteiger partial charge is 0.229 e. The second-order valence-corrected chi connectivity index (χ2v) is 7.18. The van der Waals surface area contributed by atoms with Gasteiger partial charge in [0.1, 0.15) is 5.82 Å². The monoisotopic (exact) mass is 365 g/mol. The maximum atomic E-state index is 12.7. The maximum Gasteiger partial charge on any atom is 0.229 e. The highest BCUT2D eigenvalue weighted by molar-refractivity contribution is 5.96. The van der Waals surface area contributed by atoms with Crippen LogP contribution in [0.4, 0.5) is 17.2 Å². The van der Waals surface area contributed by atoms with E-state index in [1.54, 1.807) is 24.7 Å². The Morgan fingerprint density at radius 1 is 1.00 bits per heavy atom. The molecule has 1 unspecified atom stereocenters. The largest absolute Gasteiger partial charge is 0.355 e. The van der Waals surface area contributed by atoms with Crippen LogP contribution in [0.5, 0.6) is 0 Å². The van der Waals surface area contributed by atoms with Crippen molar-refractivity contribution < 1.29 is 9.59 Å². The summed E-state index contributed by atoms with van der Waals surface area (Å²) < 4.78 is 0. The van der Waals surface area contributed by atoms with Crippen LogP contribution in [0, 0.1) is 11.8 Å². The predicted octanol–water partition coefficient (Wildman–Crippen LogP) is 2.68. The number of aromatic nitrogens is 2. The van der Waals surface area contributed by atoms with Gasteiger partial charge in [0, 0.05) is 42.8 Å². The molecule has 2 amide bonds. The molecule has 1 saturated carbocycles. The van der Waals surface area contributed by atoms with Crippen molar-refractivity contribution in [2.75, 3.05) is 28.6 Å². The summed E-state index contributed by atoms with van der Waals surface area (Å²) in [7, 11) is 0. The number of nitrogens with zero attached hydrogens (tertiary/aromatic N) is 3. The van der Waals surface area contributed by atoms with Gasteiger partial charge in [0.05, 0.1) is 12.1 Å². The van der Waals surface area contributed by atoms with Gasteiger partial charge in [-0.15, -0.1) is 0 Å². The van der Waals surface area contributed by atoms with Crippen LogP contribution in [-0.2, 0) is 9.59 Å². The lowest BCUT2D eigenvalue weighted by molar-refractivity contribution is -0.120. The molecule has 4 rings (SSSR count). The molecule has 0 spiro atoms. The summed E-state index contributed by atoms with van der Waals surface area (Å²) in [5, 5.41) is 5.90. The standard InChI is InChI=1S/C20H23N5O2/c26-19(14-6-7-14)23-16-4-1-5-17(11-16)24-20(27)15-3-2-10-25(13-15)18-12-21-8-9-22-18/h1,4-5,8-9,11-12,14-15H,2-3,6-7,10,13H2,(H,23,26)(H,24,27). The first-order chi connectivity index (χ1) is 13.2. The molecule has 1 saturated heterocycles. The van der Waals surface area contributed by atoms with E-state index in [0.717, 1.165) is 43.7 Å². The third-order valence-corrected chi connectivity index (χ3v) is 5.01. The van der Waals surface area contributed by atoms with Crippen LogP contribution in [0.3, 0.4) is 0 Å². The summed E-state index contributed by atoms with van der Waals surface area (Å²) >= 11 is 0. The lowest BCUT2D eigenvalue weighted by Crippen LogP contribution is -2.41. The molecule has 0 bridgehead atoms. The molecular weight excluding hydrogens is 342 g/mol. The van der Waals surface area contributed by atoms with E-state index in [1.165, 1.54) is 0 Å². The average molecular weight is 365 g/mol. The predicted molar refractivity (Wildman–Crippen MR) is 103 cm³/mol. The number of nitrogens with one attached hydrogen (secondary N) is 2. The highest BCUT2D eigenvalue weighted by atomic mass is 16.2. The quantitative estimate of drug-likeness (QED) is 0.851. The van der Waals surface area contributed by atoms with Gasteiger partial charge in [0.2, 0.25) is 11.8 Å². The van der Waals surface area contributed by atoms with Gasteiger partial charge in [-0.1, -0.05) is 6.07 Å². The average Bonchev–Trinajstić information content (AvgIpc) is 3.54. The van der Waals surface area contributed by atoms with Crippen LogP contribution < -0.4 is 15.5 Å². The molecule has 1 aromatic heterocycles. The van der Waals surface area contributed by atoms with Crippen molar-refractivity contribution in [1.82, 2.24) is 9.97 Å². The fraction of sp³-hybridized carbons (Fsp3) is 0.400. The number of rotatable bonds is 5. The molecule has 1 aliphatic heterocycles. The minimum atomic E-state index is -0.106. The van der Waals surface area contributed by atoms with E-state index in [0.29, 0.717) is 12.2 Å². The number of piperidine rings is 1. The molecule has 2 heterocycles. The summed E-state index contributed by atoms with van der Waals surface area (Å²) in [6, 6.07) is 7.33. The van der Waals surface area contributed by atoms with E-state index in [-0.39, 0.29) is 23.7 Å². The van der Waals surface area contributed by atoms with Gasteiger partial charge in [0.15, 0.2) is 0 Å². The first-order valence-electron chi connectivity index (χ1n) is 9.42. The molecule has 0 radical (unpaired) electrons. The molecule has 2 aromatic rings. The molecule has 2 aliphatic rings. The summed E-state index contributed by atoms with van der Waals surface area (Å²) in [5.74, 6) is 0.905. The molecular formula is C20H23N5O2. The van der Waals surface area contributed by atoms with Crippen LogP contribution in [0.15, 0.2) is 42.9 Å².